The highest BCUT2D eigenvalue weighted by molar-refractivity contribution is 7.90. The third kappa shape index (κ3) is 2.33. The average Bonchev–Trinajstić information content (AvgIpc) is 2.79. The van der Waals surface area contributed by atoms with Gasteiger partial charge in [-0.25, -0.2) is 12.4 Å². The van der Waals surface area contributed by atoms with Crippen LogP contribution in [0.25, 0.3) is 0 Å². The summed E-state index contributed by atoms with van der Waals surface area (Å²) in [6.45, 7) is 1.87. The summed E-state index contributed by atoms with van der Waals surface area (Å²) in [5, 5.41) is 17.9. The lowest BCUT2D eigenvalue weighted by molar-refractivity contribution is 0.426. The van der Waals surface area contributed by atoms with Gasteiger partial charge < -0.3 is 10.0 Å². The molecule has 1 heterocycles. The second kappa shape index (κ2) is 4.60. The summed E-state index contributed by atoms with van der Waals surface area (Å²) >= 11 is 0. The minimum Gasteiger partial charge on any atom is -0.423 e. The molecule has 5 nitrogen and oxygen atoms in total. The van der Waals surface area contributed by atoms with Gasteiger partial charge in [-0.2, -0.15) is 0 Å². The normalized spacial score (nSPS) is 11.5. The van der Waals surface area contributed by atoms with Gasteiger partial charge in [-0.3, -0.25) is 0 Å². The smallest absolute Gasteiger partial charge is 0.423 e. The standard InChI is InChI=1S/C11H12BNO4S/c1-9-2-4-11(5-3-9)18(16,17)13-7-6-10(8-13)12(14)15/h2-8,14-15H,1H3. The minimum atomic E-state index is -3.67. The van der Waals surface area contributed by atoms with Crippen LogP contribution in [-0.2, 0) is 10.0 Å². The maximum absolute atomic E-state index is 12.2. The van der Waals surface area contributed by atoms with Crippen molar-refractivity contribution in [2.75, 3.05) is 0 Å². The van der Waals surface area contributed by atoms with Crippen LogP contribution in [0.5, 0.6) is 0 Å². The first-order valence-corrected chi connectivity index (χ1v) is 6.71. The Labute approximate surface area is 106 Å². The summed E-state index contributed by atoms with van der Waals surface area (Å²) in [6.07, 6.45) is 2.46. The summed E-state index contributed by atoms with van der Waals surface area (Å²) in [5.41, 5.74) is 1.10. The van der Waals surface area contributed by atoms with E-state index in [-0.39, 0.29) is 10.4 Å². The van der Waals surface area contributed by atoms with Crippen molar-refractivity contribution < 1.29 is 18.5 Å². The Hall–Kier alpha value is -1.57. The van der Waals surface area contributed by atoms with E-state index in [4.69, 9.17) is 10.0 Å². The second-order valence-corrected chi connectivity index (χ2v) is 5.81. The fraction of sp³-hybridized carbons (Fsp3) is 0.0909. The monoisotopic (exact) mass is 265 g/mol. The number of aryl methyl sites for hydroxylation is 1. The zero-order chi connectivity index (χ0) is 13.3. The van der Waals surface area contributed by atoms with Crippen LogP contribution >= 0.6 is 0 Å². The van der Waals surface area contributed by atoms with Crippen LogP contribution in [0.3, 0.4) is 0 Å². The SMILES string of the molecule is Cc1ccc(S(=O)(=O)n2ccc(B(O)O)c2)cc1. The van der Waals surface area contributed by atoms with Crippen molar-refractivity contribution in [3.63, 3.8) is 0 Å². The second-order valence-electron chi connectivity index (χ2n) is 3.97. The van der Waals surface area contributed by atoms with Gasteiger partial charge in [0.2, 0.25) is 0 Å². The highest BCUT2D eigenvalue weighted by Gasteiger charge is 2.19. The van der Waals surface area contributed by atoms with E-state index >= 15 is 0 Å². The molecule has 2 aromatic rings. The first-order chi connectivity index (χ1) is 8.41. The van der Waals surface area contributed by atoms with Crippen molar-refractivity contribution in [1.82, 2.24) is 3.97 Å². The van der Waals surface area contributed by atoms with Crippen LogP contribution in [0.2, 0.25) is 0 Å². The number of benzene rings is 1. The maximum Gasteiger partial charge on any atom is 0.490 e. The first-order valence-electron chi connectivity index (χ1n) is 5.27. The molecule has 0 aliphatic rings. The molecule has 0 amide bonds. The molecule has 2 N–H and O–H groups in total. The van der Waals surface area contributed by atoms with E-state index in [2.05, 4.69) is 0 Å². The molecule has 1 aromatic heterocycles. The van der Waals surface area contributed by atoms with Crippen LogP contribution < -0.4 is 5.46 Å². The van der Waals surface area contributed by atoms with E-state index in [0.29, 0.717) is 0 Å². The van der Waals surface area contributed by atoms with Crippen LogP contribution in [-0.4, -0.2) is 29.6 Å². The van der Waals surface area contributed by atoms with Crippen molar-refractivity contribution >= 4 is 22.6 Å². The number of nitrogens with zero attached hydrogens (tertiary/aromatic N) is 1. The Morgan fingerprint density at radius 2 is 1.72 bits per heavy atom. The molecule has 0 spiro atoms. The van der Waals surface area contributed by atoms with Gasteiger partial charge in [0.1, 0.15) is 0 Å². The summed E-state index contributed by atoms with van der Waals surface area (Å²) < 4.78 is 25.3. The minimum absolute atomic E-state index is 0.130. The molecule has 7 heteroatoms. The van der Waals surface area contributed by atoms with Crippen molar-refractivity contribution in [2.45, 2.75) is 11.8 Å². The molecule has 0 bridgehead atoms. The molecule has 0 atom stereocenters. The molecule has 1 aromatic carbocycles. The lowest BCUT2D eigenvalue weighted by Gasteiger charge is -2.05. The van der Waals surface area contributed by atoms with Crippen molar-refractivity contribution in [1.29, 1.82) is 0 Å². The Morgan fingerprint density at radius 1 is 1.11 bits per heavy atom. The van der Waals surface area contributed by atoms with Gasteiger partial charge in [0.05, 0.1) is 4.90 Å². The zero-order valence-corrected chi connectivity index (χ0v) is 10.5. The highest BCUT2D eigenvalue weighted by Crippen LogP contribution is 2.13. The van der Waals surface area contributed by atoms with Gasteiger partial charge in [-0.05, 0) is 25.1 Å². The molecule has 0 radical (unpaired) electrons. The third-order valence-corrected chi connectivity index (χ3v) is 4.23. The first kappa shape index (κ1) is 12.9. The quantitative estimate of drug-likeness (QED) is 0.747. The fourth-order valence-corrected chi connectivity index (χ4v) is 2.73. The summed E-state index contributed by atoms with van der Waals surface area (Å²) in [7, 11) is -5.36. The summed E-state index contributed by atoms with van der Waals surface area (Å²) in [6, 6.07) is 7.78. The Bertz CT molecular complexity index is 646. The van der Waals surface area contributed by atoms with Gasteiger partial charge in [-0.1, -0.05) is 17.7 Å². The Balaban J connectivity index is 2.44. The van der Waals surface area contributed by atoms with E-state index < -0.39 is 17.1 Å². The Kier molecular flexibility index (Phi) is 3.29. The predicted octanol–water partition coefficient (Wildman–Crippen LogP) is -0.287. The largest absolute Gasteiger partial charge is 0.490 e. The molecular weight excluding hydrogens is 253 g/mol. The lowest BCUT2D eigenvalue weighted by Crippen LogP contribution is -2.28. The number of aromatic nitrogens is 1. The van der Waals surface area contributed by atoms with Gasteiger partial charge >= 0.3 is 7.12 Å². The predicted molar refractivity (Wildman–Crippen MR) is 68.0 cm³/mol. The van der Waals surface area contributed by atoms with Crippen LogP contribution in [0.15, 0.2) is 47.6 Å². The molecule has 2 rings (SSSR count). The van der Waals surface area contributed by atoms with E-state index in [9.17, 15) is 8.42 Å². The van der Waals surface area contributed by atoms with Crippen LogP contribution in [0.4, 0.5) is 0 Å². The van der Waals surface area contributed by atoms with Gasteiger partial charge in [0, 0.05) is 17.9 Å². The van der Waals surface area contributed by atoms with E-state index in [1.165, 1.54) is 30.6 Å². The topological polar surface area (TPSA) is 79.5 Å². The summed E-state index contributed by atoms with van der Waals surface area (Å²) in [4.78, 5) is 0.155. The van der Waals surface area contributed by atoms with Gasteiger partial charge in [0.15, 0.2) is 0 Å². The number of hydrogen-bond acceptors (Lipinski definition) is 4. The number of rotatable bonds is 3. The average molecular weight is 265 g/mol. The fourth-order valence-electron chi connectivity index (χ4n) is 1.53. The van der Waals surface area contributed by atoms with Gasteiger partial charge in [-0.15, -0.1) is 0 Å². The molecule has 94 valence electrons. The molecular formula is C11H12BNO4S. The van der Waals surface area contributed by atoms with Crippen molar-refractivity contribution in [3.05, 3.63) is 48.3 Å². The van der Waals surface area contributed by atoms with Gasteiger partial charge in [0.25, 0.3) is 10.0 Å². The maximum atomic E-state index is 12.2. The molecule has 0 aliphatic heterocycles. The Morgan fingerprint density at radius 3 is 2.22 bits per heavy atom. The lowest BCUT2D eigenvalue weighted by atomic mass is 9.83. The van der Waals surface area contributed by atoms with E-state index in [1.807, 2.05) is 6.92 Å². The van der Waals surface area contributed by atoms with Crippen LogP contribution in [0.1, 0.15) is 5.56 Å². The molecule has 0 fully saturated rings. The van der Waals surface area contributed by atoms with E-state index in [1.54, 1.807) is 12.1 Å². The number of hydrogen-bond donors (Lipinski definition) is 2. The van der Waals surface area contributed by atoms with E-state index in [0.717, 1.165) is 9.54 Å². The molecule has 0 saturated heterocycles. The third-order valence-electron chi connectivity index (χ3n) is 2.58. The molecule has 0 unspecified atom stereocenters. The zero-order valence-electron chi connectivity index (χ0n) is 9.69. The molecule has 0 aliphatic carbocycles. The van der Waals surface area contributed by atoms with Crippen molar-refractivity contribution in [2.24, 2.45) is 0 Å². The highest BCUT2D eigenvalue weighted by atomic mass is 32.2. The summed E-state index contributed by atoms with van der Waals surface area (Å²) in [5.74, 6) is 0. The molecule has 0 saturated carbocycles. The van der Waals surface area contributed by atoms with Crippen LogP contribution in [0, 0.1) is 6.92 Å². The van der Waals surface area contributed by atoms with Crippen molar-refractivity contribution in [3.8, 4) is 0 Å². The molecule has 18 heavy (non-hydrogen) atoms.